The van der Waals surface area contributed by atoms with Crippen LogP contribution in [0.2, 0.25) is 0 Å². The zero-order valence-corrected chi connectivity index (χ0v) is 17.3. The highest BCUT2D eigenvalue weighted by atomic mass is 35.5. The van der Waals surface area contributed by atoms with Gasteiger partial charge in [0.05, 0.1) is 26.5 Å². The Balaban J connectivity index is 0.00000192. The average Bonchev–Trinajstić information content (AvgIpc) is 3.05. The Hall–Kier alpha value is -1.82. The lowest BCUT2D eigenvalue weighted by Crippen LogP contribution is -3.00. The number of aromatic amines is 1. The van der Waals surface area contributed by atoms with Crippen LogP contribution in [0.4, 0.5) is 0 Å². The van der Waals surface area contributed by atoms with E-state index < -0.39 is 5.41 Å². The Labute approximate surface area is 171 Å². The van der Waals surface area contributed by atoms with E-state index in [9.17, 15) is 9.90 Å². The first-order chi connectivity index (χ1) is 13.0. The van der Waals surface area contributed by atoms with Gasteiger partial charge in [-0.15, -0.1) is 0 Å². The van der Waals surface area contributed by atoms with Gasteiger partial charge in [0.15, 0.2) is 0 Å². The van der Waals surface area contributed by atoms with Crippen LogP contribution in [-0.4, -0.2) is 53.9 Å². The Morgan fingerprint density at radius 2 is 2.18 bits per heavy atom. The number of aliphatic hydroxyl groups excluding tert-OH is 1. The minimum Gasteiger partial charge on any atom is -1.00 e. The lowest BCUT2D eigenvalue weighted by molar-refractivity contribution is -0.981. The molecule has 4 bridgehead atoms. The number of piperidine rings is 3. The summed E-state index contributed by atoms with van der Waals surface area (Å²) < 4.78 is 6.05. The maximum absolute atomic E-state index is 13.1. The van der Waals surface area contributed by atoms with Crippen molar-refractivity contribution in [3.05, 3.63) is 47.2 Å². The van der Waals surface area contributed by atoms with Gasteiger partial charge >= 0.3 is 5.97 Å². The molecule has 5 nitrogen and oxygen atoms in total. The van der Waals surface area contributed by atoms with E-state index >= 15 is 0 Å². The highest BCUT2D eigenvalue weighted by Gasteiger charge is 2.71. The molecule has 0 amide bonds. The highest BCUT2D eigenvalue weighted by Crippen LogP contribution is 2.62. The van der Waals surface area contributed by atoms with Crippen molar-refractivity contribution in [2.24, 2.45) is 11.3 Å². The molecule has 2 N–H and O–H groups in total. The second-order valence-corrected chi connectivity index (χ2v) is 8.65. The van der Waals surface area contributed by atoms with E-state index in [-0.39, 0.29) is 36.9 Å². The van der Waals surface area contributed by atoms with Gasteiger partial charge in [0.25, 0.3) is 0 Å². The van der Waals surface area contributed by atoms with Crippen LogP contribution >= 0.6 is 0 Å². The monoisotopic (exact) mass is 402 g/mol. The number of H-pyrrole nitrogens is 1. The number of nitrogens with one attached hydrogen (secondary N) is 1. The molecule has 3 fully saturated rings. The average molecular weight is 403 g/mol. The van der Waals surface area contributed by atoms with Crippen molar-refractivity contribution in [2.45, 2.75) is 31.8 Å². The van der Waals surface area contributed by atoms with Crippen molar-refractivity contribution in [1.29, 1.82) is 0 Å². The topological polar surface area (TPSA) is 62.3 Å². The number of aromatic nitrogens is 1. The first-order valence-electron chi connectivity index (χ1n) is 9.80. The number of likely N-dealkylation sites (N-methyl/N-ethyl adjacent to an activating group) is 1. The van der Waals surface area contributed by atoms with E-state index in [1.165, 1.54) is 29.3 Å². The number of hydrogen-bond donors (Lipinski definition) is 2. The largest absolute Gasteiger partial charge is 1.00 e. The smallest absolute Gasteiger partial charge is 0.320 e. The van der Waals surface area contributed by atoms with E-state index in [2.05, 4.69) is 42.4 Å². The van der Waals surface area contributed by atoms with E-state index in [1.807, 2.05) is 6.92 Å². The lowest BCUT2D eigenvalue weighted by atomic mass is 9.54. The molecule has 0 radical (unpaired) electrons. The van der Waals surface area contributed by atoms with Crippen LogP contribution in [0.1, 0.15) is 30.6 Å². The van der Waals surface area contributed by atoms with Gasteiger partial charge in [-0.1, -0.05) is 24.3 Å². The number of aliphatic hydroxyl groups is 1. The molecule has 28 heavy (non-hydrogen) atoms. The second-order valence-electron chi connectivity index (χ2n) is 8.65. The molecular weight excluding hydrogens is 376 g/mol. The molecule has 6 heteroatoms. The fourth-order valence-corrected chi connectivity index (χ4v) is 6.62. The first-order valence-corrected chi connectivity index (χ1v) is 9.80. The predicted molar refractivity (Wildman–Crippen MR) is 103 cm³/mol. The number of fused-ring (bicyclic) bond motifs is 4. The number of carbonyl (C=O) groups excluding carboxylic acids is 1. The van der Waals surface area contributed by atoms with Crippen molar-refractivity contribution in [3.63, 3.8) is 0 Å². The molecule has 150 valence electrons. The summed E-state index contributed by atoms with van der Waals surface area (Å²) in [6, 6.07) is 8.76. The summed E-state index contributed by atoms with van der Waals surface area (Å²) >= 11 is 0. The number of nitrogens with zero attached hydrogens (tertiary/aromatic N) is 1. The van der Waals surface area contributed by atoms with Crippen molar-refractivity contribution >= 4 is 16.9 Å². The number of quaternary nitrogens is 1. The van der Waals surface area contributed by atoms with Crippen LogP contribution in [0.3, 0.4) is 0 Å². The highest BCUT2D eigenvalue weighted by molar-refractivity contribution is 5.86. The van der Waals surface area contributed by atoms with Gasteiger partial charge < -0.3 is 31.7 Å². The molecule has 2 aromatic rings. The van der Waals surface area contributed by atoms with Gasteiger partial charge in [0.2, 0.25) is 0 Å². The molecule has 1 aromatic heterocycles. The Morgan fingerprint density at radius 1 is 1.43 bits per heavy atom. The predicted octanol–water partition coefficient (Wildman–Crippen LogP) is -0.284. The molecule has 6 rings (SSSR count). The zero-order valence-electron chi connectivity index (χ0n) is 16.5. The Kier molecular flexibility index (Phi) is 4.42. The number of hydrogen-bond acceptors (Lipinski definition) is 3. The van der Waals surface area contributed by atoms with Crippen LogP contribution < -0.4 is 12.4 Å². The minimum absolute atomic E-state index is 0. The third kappa shape index (κ3) is 2.07. The van der Waals surface area contributed by atoms with Crippen molar-refractivity contribution < 1.29 is 31.5 Å². The van der Waals surface area contributed by atoms with Gasteiger partial charge in [0, 0.05) is 29.7 Å². The fraction of sp³-hybridized carbons (Fsp3) is 0.500. The zero-order chi connectivity index (χ0) is 19.0. The van der Waals surface area contributed by atoms with Gasteiger partial charge in [-0.25, -0.2) is 0 Å². The van der Waals surface area contributed by atoms with Crippen LogP contribution in [0.25, 0.3) is 10.9 Å². The number of allylic oxidation sites excluding steroid dienone is 1. The maximum atomic E-state index is 13.1. The summed E-state index contributed by atoms with van der Waals surface area (Å²) in [5.41, 5.74) is 4.23. The summed E-state index contributed by atoms with van der Waals surface area (Å²) in [4.78, 5) is 16.8. The summed E-state index contributed by atoms with van der Waals surface area (Å²) in [5, 5.41) is 11.8. The van der Waals surface area contributed by atoms with Crippen LogP contribution in [0.5, 0.6) is 0 Å². The van der Waals surface area contributed by atoms with Gasteiger partial charge in [-0.3, -0.25) is 4.79 Å². The summed E-state index contributed by atoms with van der Waals surface area (Å²) in [7, 11) is 3.71. The molecule has 0 spiro atoms. The van der Waals surface area contributed by atoms with Crippen LogP contribution in [0, 0.1) is 11.3 Å². The summed E-state index contributed by atoms with van der Waals surface area (Å²) in [6.07, 6.45) is 3.80. The fourth-order valence-electron chi connectivity index (χ4n) is 6.62. The van der Waals surface area contributed by atoms with E-state index in [0.29, 0.717) is 6.04 Å². The number of methoxy groups -OCH3 is 1. The van der Waals surface area contributed by atoms with Crippen molar-refractivity contribution in [1.82, 2.24) is 4.98 Å². The Morgan fingerprint density at radius 3 is 2.86 bits per heavy atom. The van der Waals surface area contributed by atoms with Gasteiger partial charge in [-0.05, 0) is 24.1 Å². The van der Waals surface area contributed by atoms with Crippen molar-refractivity contribution in [3.8, 4) is 0 Å². The molecule has 5 heterocycles. The molecule has 1 aromatic carbocycles. The summed E-state index contributed by atoms with van der Waals surface area (Å²) in [5.74, 6) is -0.223. The standard InChI is InChI=1S/C22H27N2O3.ClH/c1-4-13-11-24(2)18-10-16(13)22(12-25,21(26)27-3)19(24)9-15-14-7-5-6-8-17(14)23-20(15)18;/h4-8,16,18-19,23,25H,9-12H2,1-3H3;1H/q+1;/p-1/b13-4+;. The molecule has 3 saturated heterocycles. The SMILES string of the molecule is C/C=C1\C[N+]2(C)C3CC1C(CO)(C(=O)OC)C2Cc1c3[nH]c2ccccc12.[Cl-]. The number of rotatable bonds is 2. The number of benzene rings is 1. The van der Waals surface area contributed by atoms with E-state index in [1.54, 1.807) is 0 Å². The second kappa shape index (κ2) is 6.34. The normalized spacial score (nSPS) is 36.9. The Bertz CT molecular complexity index is 983. The van der Waals surface area contributed by atoms with Crippen LogP contribution in [-0.2, 0) is 16.0 Å². The number of esters is 1. The number of ether oxygens (including phenoxy) is 1. The number of halogens is 1. The van der Waals surface area contributed by atoms with Crippen LogP contribution in [0.15, 0.2) is 35.9 Å². The third-order valence-corrected chi connectivity index (χ3v) is 7.85. The van der Waals surface area contributed by atoms with Crippen molar-refractivity contribution in [2.75, 3.05) is 27.3 Å². The quantitative estimate of drug-likeness (QED) is 0.412. The molecule has 5 atom stereocenters. The minimum atomic E-state index is -0.865. The molecule has 0 saturated carbocycles. The van der Waals surface area contributed by atoms with Gasteiger partial charge in [0.1, 0.15) is 24.0 Å². The first kappa shape index (κ1) is 19.5. The van der Waals surface area contributed by atoms with E-state index in [0.717, 1.165) is 29.4 Å². The lowest BCUT2D eigenvalue weighted by Gasteiger charge is -2.66. The van der Waals surface area contributed by atoms with Gasteiger partial charge in [-0.2, -0.15) is 0 Å². The molecule has 5 unspecified atom stereocenters. The third-order valence-electron chi connectivity index (χ3n) is 7.85. The molecule has 0 aliphatic carbocycles. The molecule has 4 aliphatic heterocycles. The molecular formula is C22H27ClN2O3. The molecule has 4 aliphatic rings. The number of carbonyl (C=O) groups is 1. The maximum Gasteiger partial charge on any atom is 0.320 e. The summed E-state index contributed by atoms with van der Waals surface area (Å²) in [6.45, 7) is 2.82. The van der Waals surface area contributed by atoms with E-state index in [4.69, 9.17) is 4.74 Å². The number of para-hydroxylation sites is 1.